The van der Waals surface area contributed by atoms with Crippen LogP contribution in [-0.2, 0) is 4.74 Å². The SMILES string of the molecule is CC(C)(O)CC(O)COCC(O)CO. The molecule has 0 bridgehead atoms. The van der Waals surface area contributed by atoms with Crippen LogP contribution in [0.4, 0.5) is 0 Å². The highest BCUT2D eigenvalue weighted by Crippen LogP contribution is 2.10. The lowest BCUT2D eigenvalue weighted by Crippen LogP contribution is -2.30. The molecular formula is C9H20O5. The molecule has 86 valence electrons. The Bertz CT molecular complexity index is 143. The molecule has 14 heavy (non-hydrogen) atoms. The largest absolute Gasteiger partial charge is 0.394 e. The molecule has 0 radical (unpaired) electrons. The Morgan fingerprint density at radius 2 is 1.64 bits per heavy atom. The Morgan fingerprint density at radius 3 is 2.07 bits per heavy atom. The minimum atomic E-state index is -0.932. The number of aliphatic hydroxyl groups is 4. The van der Waals surface area contributed by atoms with E-state index in [-0.39, 0.29) is 26.2 Å². The lowest BCUT2D eigenvalue weighted by Gasteiger charge is -2.21. The van der Waals surface area contributed by atoms with Gasteiger partial charge in [-0.2, -0.15) is 0 Å². The van der Waals surface area contributed by atoms with E-state index in [0.717, 1.165) is 0 Å². The fourth-order valence-electron chi connectivity index (χ4n) is 1.03. The fourth-order valence-corrected chi connectivity index (χ4v) is 1.03. The van der Waals surface area contributed by atoms with E-state index in [0.29, 0.717) is 0 Å². The lowest BCUT2D eigenvalue weighted by molar-refractivity contribution is -0.0479. The third kappa shape index (κ3) is 8.40. The second-order valence-corrected chi connectivity index (χ2v) is 4.04. The zero-order valence-electron chi connectivity index (χ0n) is 8.68. The molecule has 0 aromatic heterocycles. The number of rotatable bonds is 7. The molecule has 0 aliphatic carbocycles. The average molecular weight is 208 g/mol. The van der Waals surface area contributed by atoms with Gasteiger partial charge in [0, 0.05) is 6.42 Å². The first-order chi connectivity index (χ1) is 6.35. The molecule has 0 aromatic rings. The van der Waals surface area contributed by atoms with E-state index in [1.165, 1.54) is 0 Å². The van der Waals surface area contributed by atoms with Crippen molar-refractivity contribution in [2.45, 2.75) is 38.1 Å². The highest BCUT2D eigenvalue weighted by molar-refractivity contribution is 4.70. The van der Waals surface area contributed by atoms with Crippen LogP contribution in [0.25, 0.3) is 0 Å². The summed E-state index contributed by atoms with van der Waals surface area (Å²) in [5, 5.41) is 36.0. The van der Waals surface area contributed by atoms with Crippen molar-refractivity contribution < 1.29 is 25.2 Å². The molecule has 0 heterocycles. The summed E-state index contributed by atoms with van der Waals surface area (Å²) in [6.45, 7) is 2.86. The van der Waals surface area contributed by atoms with Crippen molar-refractivity contribution in [2.75, 3.05) is 19.8 Å². The van der Waals surface area contributed by atoms with Gasteiger partial charge >= 0.3 is 0 Å². The molecule has 0 aliphatic heterocycles. The number of hydrogen-bond acceptors (Lipinski definition) is 5. The van der Waals surface area contributed by atoms with Gasteiger partial charge in [-0.05, 0) is 13.8 Å². The van der Waals surface area contributed by atoms with Crippen LogP contribution in [0, 0.1) is 0 Å². The highest BCUT2D eigenvalue weighted by Gasteiger charge is 2.18. The number of ether oxygens (including phenoxy) is 1. The monoisotopic (exact) mass is 208 g/mol. The van der Waals surface area contributed by atoms with Crippen molar-refractivity contribution in [3.05, 3.63) is 0 Å². The van der Waals surface area contributed by atoms with Crippen LogP contribution in [0.2, 0.25) is 0 Å². The summed E-state index contributed by atoms with van der Waals surface area (Å²) < 4.78 is 4.92. The normalized spacial score (nSPS) is 16.7. The second-order valence-electron chi connectivity index (χ2n) is 4.04. The van der Waals surface area contributed by atoms with E-state index in [9.17, 15) is 10.2 Å². The molecule has 0 saturated carbocycles. The van der Waals surface area contributed by atoms with Gasteiger partial charge in [-0.1, -0.05) is 0 Å². The summed E-state index contributed by atoms with van der Waals surface area (Å²) in [5.74, 6) is 0. The molecule has 0 saturated heterocycles. The Labute approximate surface area is 83.9 Å². The van der Waals surface area contributed by atoms with Crippen LogP contribution in [0.1, 0.15) is 20.3 Å². The third-order valence-corrected chi connectivity index (χ3v) is 1.57. The Balaban J connectivity index is 3.50. The minimum absolute atomic E-state index is 0.0145. The molecule has 5 nitrogen and oxygen atoms in total. The van der Waals surface area contributed by atoms with Crippen LogP contribution in [0.15, 0.2) is 0 Å². The van der Waals surface area contributed by atoms with Crippen molar-refractivity contribution in [1.29, 1.82) is 0 Å². The van der Waals surface area contributed by atoms with Gasteiger partial charge in [0.15, 0.2) is 0 Å². The van der Waals surface area contributed by atoms with Crippen molar-refractivity contribution in [1.82, 2.24) is 0 Å². The van der Waals surface area contributed by atoms with Crippen molar-refractivity contribution in [3.8, 4) is 0 Å². The van der Waals surface area contributed by atoms with Crippen molar-refractivity contribution in [3.63, 3.8) is 0 Å². The van der Waals surface area contributed by atoms with E-state index in [1.54, 1.807) is 13.8 Å². The van der Waals surface area contributed by atoms with Gasteiger partial charge in [0.25, 0.3) is 0 Å². The molecule has 0 spiro atoms. The summed E-state index contributed by atoms with van der Waals surface area (Å²) >= 11 is 0. The standard InChI is InChI=1S/C9H20O5/c1-9(2,13)3-7(11)5-14-6-8(12)4-10/h7-8,10-13H,3-6H2,1-2H3. The molecule has 0 rings (SSSR count). The molecule has 2 unspecified atom stereocenters. The predicted molar refractivity (Wildman–Crippen MR) is 50.8 cm³/mol. The zero-order valence-corrected chi connectivity index (χ0v) is 8.68. The van der Waals surface area contributed by atoms with Gasteiger partial charge in [0.05, 0.1) is 31.5 Å². The maximum atomic E-state index is 9.34. The van der Waals surface area contributed by atoms with Crippen LogP contribution >= 0.6 is 0 Å². The van der Waals surface area contributed by atoms with Gasteiger partial charge < -0.3 is 25.2 Å². The van der Waals surface area contributed by atoms with Crippen LogP contribution in [-0.4, -0.2) is 58.1 Å². The molecule has 5 heteroatoms. The van der Waals surface area contributed by atoms with Gasteiger partial charge in [0.2, 0.25) is 0 Å². The van der Waals surface area contributed by atoms with E-state index < -0.39 is 17.8 Å². The van der Waals surface area contributed by atoms with E-state index in [1.807, 2.05) is 0 Å². The average Bonchev–Trinajstić information content (AvgIpc) is 2.00. The van der Waals surface area contributed by atoms with E-state index in [4.69, 9.17) is 14.9 Å². The Morgan fingerprint density at radius 1 is 1.14 bits per heavy atom. The molecular weight excluding hydrogens is 188 g/mol. The Kier molecular flexibility index (Phi) is 6.22. The summed E-state index contributed by atoms with van der Waals surface area (Å²) in [7, 11) is 0. The lowest BCUT2D eigenvalue weighted by atomic mass is 10.0. The van der Waals surface area contributed by atoms with E-state index in [2.05, 4.69) is 0 Å². The molecule has 0 aliphatic rings. The number of aliphatic hydroxyl groups excluding tert-OH is 3. The zero-order chi connectivity index (χ0) is 11.2. The Hall–Kier alpha value is -0.200. The molecule has 4 N–H and O–H groups in total. The maximum Gasteiger partial charge on any atom is 0.100 e. The summed E-state index contributed by atoms with van der Waals surface area (Å²) in [4.78, 5) is 0. The topological polar surface area (TPSA) is 90.2 Å². The molecule has 0 aromatic carbocycles. The quantitative estimate of drug-likeness (QED) is 0.425. The van der Waals surface area contributed by atoms with Crippen LogP contribution < -0.4 is 0 Å². The van der Waals surface area contributed by atoms with Crippen LogP contribution in [0.3, 0.4) is 0 Å². The van der Waals surface area contributed by atoms with Gasteiger partial charge in [-0.15, -0.1) is 0 Å². The fraction of sp³-hybridized carbons (Fsp3) is 1.00. The van der Waals surface area contributed by atoms with E-state index >= 15 is 0 Å². The van der Waals surface area contributed by atoms with Crippen molar-refractivity contribution in [2.24, 2.45) is 0 Å². The first-order valence-electron chi connectivity index (χ1n) is 4.62. The molecule has 2 atom stereocenters. The minimum Gasteiger partial charge on any atom is -0.394 e. The molecule has 0 amide bonds. The predicted octanol–water partition coefficient (Wildman–Crippen LogP) is -1.12. The third-order valence-electron chi connectivity index (χ3n) is 1.57. The number of hydrogen-bond donors (Lipinski definition) is 4. The van der Waals surface area contributed by atoms with Gasteiger partial charge in [-0.25, -0.2) is 0 Å². The summed E-state index contributed by atoms with van der Waals surface area (Å²) in [6, 6.07) is 0. The smallest absolute Gasteiger partial charge is 0.100 e. The van der Waals surface area contributed by atoms with Gasteiger partial charge in [-0.3, -0.25) is 0 Å². The summed E-state index contributed by atoms with van der Waals surface area (Å²) in [5.41, 5.74) is -0.932. The highest BCUT2D eigenvalue weighted by atomic mass is 16.5. The first-order valence-corrected chi connectivity index (χ1v) is 4.62. The second kappa shape index (κ2) is 6.31. The van der Waals surface area contributed by atoms with Crippen LogP contribution in [0.5, 0.6) is 0 Å². The summed E-state index contributed by atoms with van der Waals surface area (Å²) in [6.07, 6.45) is -1.47. The van der Waals surface area contributed by atoms with Crippen molar-refractivity contribution >= 4 is 0 Å². The maximum absolute atomic E-state index is 9.34. The first kappa shape index (κ1) is 13.8. The molecule has 0 fully saturated rings. The van der Waals surface area contributed by atoms with Gasteiger partial charge in [0.1, 0.15) is 6.10 Å².